The summed E-state index contributed by atoms with van der Waals surface area (Å²) in [6, 6.07) is 9.96. The predicted molar refractivity (Wildman–Crippen MR) is 109 cm³/mol. The van der Waals surface area contributed by atoms with Crippen molar-refractivity contribution in [2.24, 2.45) is 0 Å². The summed E-state index contributed by atoms with van der Waals surface area (Å²) in [5.41, 5.74) is 3.71. The van der Waals surface area contributed by atoms with Crippen LogP contribution in [0.2, 0.25) is 0 Å². The van der Waals surface area contributed by atoms with Crippen LogP contribution in [0.5, 0.6) is 0 Å². The molecule has 0 radical (unpaired) electrons. The molecule has 27 heavy (non-hydrogen) atoms. The quantitative estimate of drug-likeness (QED) is 0.858. The van der Waals surface area contributed by atoms with E-state index in [4.69, 9.17) is 0 Å². The summed E-state index contributed by atoms with van der Waals surface area (Å²) in [5.74, 6) is 0.223. The standard InChI is InChI=1S/C21H26N2O3S/c1-3-23(17-11-12-27(25,26)13-17)21(24)14(2)22-19-10-9-16-8-7-15-5-4-6-18(19)20(15)16/h4-6,9-10,14,17,22H,3,7-8,11-13H2,1-2H3/t14-,17-/m0/s1. The Balaban J connectivity index is 1.56. The van der Waals surface area contributed by atoms with Crippen molar-refractivity contribution >= 4 is 32.2 Å². The van der Waals surface area contributed by atoms with Crippen molar-refractivity contribution in [3.63, 3.8) is 0 Å². The molecule has 4 rings (SSSR count). The van der Waals surface area contributed by atoms with Crippen LogP contribution in [0.4, 0.5) is 5.69 Å². The highest BCUT2D eigenvalue weighted by atomic mass is 32.2. The molecule has 1 heterocycles. The number of nitrogens with zero attached hydrogens (tertiary/aromatic N) is 1. The molecule has 5 nitrogen and oxygen atoms in total. The van der Waals surface area contributed by atoms with Crippen LogP contribution in [0.1, 0.15) is 31.4 Å². The summed E-state index contributed by atoms with van der Waals surface area (Å²) in [5, 5.41) is 5.86. The summed E-state index contributed by atoms with van der Waals surface area (Å²) in [6.07, 6.45) is 2.68. The van der Waals surface area contributed by atoms with E-state index in [1.165, 1.54) is 16.5 Å². The molecule has 6 heteroatoms. The number of carbonyl (C=O) groups excluding carboxylic acids is 1. The molecular formula is C21H26N2O3S. The van der Waals surface area contributed by atoms with E-state index in [-0.39, 0.29) is 23.5 Å². The van der Waals surface area contributed by atoms with E-state index < -0.39 is 15.9 Å². The summed E-state index contributed by atoms with van der Waals surface area (Å²) in [7, 11) is -3.01. The second-order valence-corrected chi connectivity index (χ2v) is 9.89. The van der Waals surface area contributed by atoms with Gasteiger partial charge in [0.2, 0.25) is 5.91 Å². The van der Waals surface area contributed by atoms with E-state index in [0.29, 0.717) is 13.0 Å². The topological polar surface area (TPSA) is 66.5 Å². The summed E-state index contributed by atoms with van der Waals surface area (Å²) < 4.78 is 23.6. The van der Waals surface area contributed by atoms with Crippen molar-refractivity contribution in [3.8, 4) is 0 Å². The van der Waals surface area contributed by atoms with Gasteiger partial charge in [0.1, 0.15) is 6.04 Å². The Bertz CT molecular complexity index is 990. The highest BCUT2D eigenvalue weighted by Gasteiger charge is 2.35. The zero-order valence-corrected chi connectivity index (χ0v) is 16.7. The Labute approximate surface area is 160 Å². The Hall–Kier alpha value is -2.08. The zero-order valence-electron chi connectivity index (χ0n) is 15.9. The van der Waals surface area contributed by atoms with E-state index in [1.807, 2.05) is 13.8 Å². The third-order valence-electron chi connectivity index (χ3n) is 5.89. The average Bonchev–Trinajstić information content (AvgIpc) is 3.22. The van der Waals surface area contributed by atoms with E-state index >= 15 is 0 Å². The number of hydrogen-bond donors (Lipinski definition) is 1. The van der Waals surface area contributed by atoms with Crippen LogP contribution in [0.25, 0.3) is 10.8 Å². The van der Waals surface area contributed by atoms with Gasteiger partial charge in [-0.1, -0.05) is 24.3 Å². The number of nitrogens with one attached hydrogen (secondary N) is 1. The number of sulfone groups is 1. The van der Waals surface area contributed by atoms with Gasteiger partial charge in [0, 0.05) is 23.7 Å². The first kappa shape index (κ1) is 18.3. The Morgan fingerprint density at radius 1 is 1.22 bits per heavy atom. The second-order valence-electron chi connectivity index (χ2n) is 7.66. The van der Waals surface area contributed by atoms with Gasteiger partial charge in [0.15, 0.2) is 9.84 Å². The van der Waals surface area contributed by atoms with E-state index in [0.717, 1.165) is 23.9 Å². The number of amides is 1. The molecular weight excluding hydrogens is 360 g/mol. The van der Waals surface area contributed by atoms with Crippen molar-refractivity contribution in [1.29, 1.82) is 0 Å². The molecule has 2 aromatic rings. The van der Waals surface area contributed by atoms with Crippen LogP contribution in [0.15, 0.2) is 30.3 Å². The smallest absolute Gasteiger partial charge is 0.245 e. The first-order valence-corrected chi connectivity index (χ1v) is 11.5. The Morgan fingerprint density at radius 2 is 1.96 bits per heavy atom. The number of hydrogen-bond acceptors (Lipinski definition) is 4. The molecule has 2 aliphatic rings. The third-order valence-corrected chi connectivity index (χ3v) is 7.64. The first-order valence-electron chi connectivity index (χ1n) is 9.70. The Kier molecular flexibility index (Phi) is 4.62. The van der Waals surface area contributed by atoms with Crippen molar-refractivity contribution in [2.45, 2.75) is 45.2 Å². The van der Waals surface area contributed by atoms with Crippen molar-refractivity contribution in [3.05, 3.63) is 41.5 Å². The average molecular weight is 387 g/mol. The fourth-order valence-electron chi connectivity index (χ4n) is 4.53. The zero-order chi connectivity index (χ0) is 19.2. The lowest BCUT2D eigenvalue weighted by atomic mass is 10.0. The molecule has 0 aromatic heterocycles. The highest BCUT2D eigenvalue weighted by molar-refractivity contribution is 7.91. The Morgan fingerprint density at radius 3 is 2.63 bits per heavy atom. The molecule has 0 bridgehead atoms. The molecule has 0 unspecified atom stereocenters. The number of likely N-dealkylation sites (N-methyl/N-ethyl adjacent to an activating group) is 1. The molecule has 1 fully saturated rings. The maximum Gasteiger partial charge on any atom is 0.245 e. The minimum Gasteiger partial charge on any atom is -0.373 e. The molecule has 1 aliphatic carbocycles. The molecule has 1 N–H and O–H groups in total. The molecule has 1 saturated heterocycles. The number of aryl methyl sites for hydroxylation is 2. The first-order chi connectivity index (χ1) is 12.9. The van der Waals surface area contributed by atoms with E-state index in [2.05, 4.69) is 35.6 Å². The fourth-order valence-corrected chi connectivity index (χ4v) is 6.26. The van der Waals surface area contributed by atoms with Gasteiger partial charge in [-0.05, 0) is 55.7 Å². The van der Waals surface area contributed by atoms with Crippen molar-refractivity contribution in [1.82, 2.24) is 4.90 Å². The molecule has 1 amide bonds. The maximum atomic E-state index is 13.0. The normalized spacial score (nSPS) is 21.3. The molecule has 0 spiro atoms. The van der Waals surface area contributed by atoms with Gasteiger partial charge in [-0.25, -0.2) is 8.42 Å². The van der Waals surface area contributed by atoms with Gasteiger partial charge in [-0.15, -0.1) is 0 Å². The van der Waals surface area contributed by atoms with Gasteiger partial charge in [0.25, 0.3) is 0 Å². The lowest BCUT2D eigenvalue weighted by molar-refractivity contribution is -0.133. The van der Waals surface area contributed by atoms with Gasteiger partial charge >= 0.3 is 0 Å². The molecule has 2 aromatic carbocycles. The van der Waals surface area contributed by atoms with Gasteiger partial charge < -0.3 is 10.2 Å². The monoisotopic (exact) mass is 386 g/mol. The predicted octanol–water partition coefficient (Wildman–Crippen LogP) is 2.77. The number of benzene rings is 2. The van der Waals surface area contributed by atoms with E-state index in [1.54, 1.807) is 4.90 Å². The fraction of sp³-hybridized carbons (Fsp3) is 0.476. The molecule has 1 aliphatic heterocycles. The number of carbonyl (C=O) groups is 1. The maximum absolute atomic E-state index is 13.0. The number of anilines is 1. The minimum absolute atomic E-state index is 0.0390. The molecule has 2 atom stereocenters. The SMILES string of the molecule is CCN(C(=O)[C@H](C)Nc1ccc2c3c(cccc13)CC2)[C@H]1CCS(=O)(=O)C1. The molecule has 0 saturated carbocycles. The van der Waals surface area contributed by atoms with Gasteiger partial charge in [-0.2, -0.15) is 0 Å². The van der Waals surface area contributed by atoms with Crippen LogP contribution >= 0.6 is 0 Å². The van der Waals surface area contributed by atoms with Gasteiger partial charge in [-0.3, -0.25) is 4.79 Å². The second kappa shape index (κ2) is 6.82. The third kappa shape index (κ3) is 3.31. The highest BCUT2D eigenvalue weighted by Crippen LogP contribution is 2.35. The largest absolute Gasteiger partial charge is 0.373 e. The number of rotatable bonds is 5. The lowest BCUT2D eigenvalue weighted by Crippen LogP contribution is -2.47. The van der Waals surface area contributed by atoms with Crippen molar-refractivity contribution in [2.75, 3.05) is 23.4 Å². The minimum atomic E-state index is -3.01. The van der Waals surface area contributed by atoms with Crippen LogP contribution in [0, 0.1) is 0 Å². The summed E-state index contributed by atoms with van der Waals surface area (Å²) >= 11 is 0. The van der Waals surface area contributed by atoms with E-state index in [9.17, 15) is 13.2 Å². The lowest BCUT2D eigenvalue weighted by Gasteiger charge is -2.30. The van der Waals surface area contributed by atoms with Crippen LogP contribution in [-0.2, 0) is 27.5 Å². The van der Waals surface area contributed by atoms with Crippen LogP contribution in [-0.4, -0.2) is 49.4 Å². The van der Waals surface area contributed by atoms with Crippen LogP contribution < -0.4 is 5.32 Å². The summed E-state index contributed by atoms with van der Waals surface area (Å²) in [6.45, 7) is 4.29. The van der Waals surface area contributed by atoms with Crippen molar-refractivity contribution < 1.29 is 13.2 Å². The van der Waals surface area contributed by atoms with Gasteiger partial charge in [0.05, 0.1) is 11.5 Å². The van der Waals surface area contributed by atoms with Crippen LogP contribution in [0.3, 0.4) is 0 Å². The summed E-state index contributed by atoms with van der Waals surface area (Å²) in [4.78, 5) is 14.8. The molecule has 144 valence electrons.